The number of carbonyl (C=O) groups is 1. The molecule has 1 aromatic heterocycles. The summed E-state index contributed by atoms with van der Waals surface area (Å²) in [6.07, 6.45) is 4.09. The van der Waals surface area contributed by atoms with Crippen LogP contribution in [0, 0.1) is 6.92 Å². The number of hydrogen-bond acceptors (Lipinski definition) is 3. The maximum atomic E-state index is 12.5. The van der Waals surface area contributed by atoms with Crippen LogP contribution in [-0.4, -0.2) is 32.4 Å². The molecule has 0 atom stereocenters. The number of nitrogens with zero attached hydrogens (tertiary/aromatic N) is 3. The van der Waals surface area contributed by atoms with E-state index in [0.717, 1.165) is 23.9 Å². The average Bonchev–Trinajstić information content (AvgIpc) is 3.32. The standard InChI is InChI=1S/C18H23N3O2/c1-12(2)21(14-7-8-14)16(22)9-10-20-11-19-17-13(3)5-4-6-15(17)18(20)23/h4-6,11-12,14H,7-10H2,1-3H3. The smallest absolute Gasteiger partial charge is 0.261 e. The lowest BCUT2D eigenvalue weighted by Crippen LogP contribution is -2.39. The lowest BCUT2D eigenvalue weighted by molar-refractivity contribution is -0.133. The van der Waals surface area contributed by atoms with Gasteiger partial charge in [-0.05, 0) is 45.2 Å². The first-order valence-electron chi connectivity index (χ1n) is 8.25. The molecule has 0 aliphatic heterocycles. The molecule has 0 spiro atoms. The first-order chi connectivity index (χ1) is 11.0. The van der Waals surface area contributed by atoms with Crippen molar-refractivity contribution in [3.8, 4) is 0 Å². The molecule has 0 unspecified atom stereocenters. The van der Waals surface area contributed by atoms with E-state index in [-0.39, 0.29) is 17.5 Å². The normalized spacial score (nSPS) is 14.4. The molecule has 23 heavy (non-hydrogen) atoms. The van der Waals surface area contributed by atoms with Crippen molar-refractivity contribution in [1.29, 1.82) is 0 Å². The topological polar surface area (TPSA) is 55.2 Å². The maximum Gasteiger partial charge on any atom is 0.261 e. The monoisotopic (exact) mass is 313 g/mol. The molecule has 3 rings (SSSR count). The molecule has 1 aliphatic rings. The van der Waals surface area contributed by atoms with Gasteiger partial charge in [0.2, 0.25) is 5.91 Å². The molecule has 0 bridgehead atoms. The second kappa shape index (κ2) is 6.14. The molecule has 1 heterocycles. The Morgan fingerprint density at radius 3 is 2.78 bits per heavy atom. The first kappa shape index (κ1) is 15.7. The van der Waals surface area contributed by atoms with Gasteiger partial charge in [-0.2, -0.15) is 0 Å². The average molecular weight is 313 g/mol. The number of carbonyl (C=O) groups excluding carboxylic acids is 1. The fourth-order valence-electron chi connectivity index (χ4n) is 3.11. The van der Waals surface area contributed by atoms with Crippen molar-refractivity contribution in [2.45, 2.75) is 58.7 Å². The summed E-state index contributed by atoms with van der Waals surface area (Å²) in [5, 5.41) is 0.614. The maximum absolute atomic E-state index is 12.5. The Kier molecular flexibility index (Phi) is 4.20. The molecular weight excluding hydrogens is 290 g/mol. The summed E-state index contributed by atoms with van der Waals surface area (Å²) in [7, 11) is 0. The lowest BCUT2D eigenvalue weighted by Gasteiger charge is -2.26. The molecule has 1 aliphatic carbocycles. The molecule has 0 saturated heterocycles. The molecular formula is C18H23N3O2. The fraction of sp³-hybridized carbons (Fsp3) is 0.500. The highest BCUT2D eigenvalue weighted by Gasteiger charge is 2.33. The van der Waals surface area contributed by atoms with Crippen LogP contribution in [0.3, 0.4) is 0 Å². The van der Waals surface area contributed by atoms with Crippen molar-refractivity contribution in [2.24, 2.45) is 0 Å². The van der Waals surface area contributed by atoms with Gasteiger partial charge in [-0.15, -0.1) is 0 Å². The molecule has 2 aromatic rings. The Bertz CT molecular complexity index is 788. The Morgan fingerprint density at radius 1 is 1.39 bits per heavy atom. The number of hydrogen-bond donors (Lipinski definition) is 0. The number of benzene rings is 1. The van der Waals surface area contributed by atoms with Crippen molar-refractivity contribution < 1.29 is 4.79 Å². The number of fused-ring (bicyclic) bond motifs is 1. The molecule has 122 valence electrons. The quantitative estimate of drug-likeness (QED) is 0.852. The summed E-state index contributed by atoms with van der Waals surface area (Å²) in [6, 6.07) is 6.21. The van der Waals surface area contributed by atoms with Gasteiger partial charge in [0.25, 0.3) is 5.56 Å². The number of amides is 1. The van der Waals surface area contributed by atoms with Crippen LogP contribution >= 0.6 is 0 Å². The zero-order valence-corrected chi connectivity index (χ0v) is 14.0. The van der Waals surface area contributed by atoms with Crippen LogP contribution in [0.5, 0.6) is 0 Å². The number of para-hydroxylation sites is 1. The number of aromatic nitrogens is 2. The summed E-state index contributed by atoms with van der Waals surface area (Å²) in [4.78, 5) is 31.3. The highest BCUT2D eigenvalue weighted by Crippen LogP contribution is 2.29. The molecule has 1 aromatic carbocycles. The summed E-state index contributed by atoms with van der Waals surface area (Å²) < 4.78 is 1.55. The number of aryl methyl sites for hydroxylation is 2. The summed E-state index contributed by atoms with van der Waals surface area (Å²) >= 11 is 0. The van der Waals surface area contributed by atoms with E-state index in [9.17, 15) is 9.59 Å². The minimum absolute atomic E-state index is 0.0750. The molecule has 1 saturated carbocycles. The van der Waals surface area contributed by atoms with Gasteiger partial charge in [0.1, 0.15) is 0 Å². The van der Waals surface area contributed by atoms with E-state index >= 15 is 0 Å². The van der Waals surface area contributed by atoms with Crippen LogP contribution in [0.15, 0.2) is 29.3 Å². The SMILES string of the molecule is Cc1cccc2c(=O)n(CCC(=O)N(C(C)C)C3CC3)cnc12. The van der Waals surface area contributed by atoms with Gasteiger partial charge in [-0.1, -0.05) is 12.1 Å². The largest absolute Gasteiger partial charge is 0.337 e. The van der Waals surface area contributed by atoms with Crippen molar-refractivity contribution in [2.75, 3.05) is 0 Å². The molecule has 5 heteroatoms. The Morgan fingerprint density at radius 2 is 2.13 bits per heavy atom. The third kappa shape index (κ3) is 3.14. The minimum Gasteiger partial charge on any atom is -0.337 e. The van der Waals surface area contributed by atoms with E-state index in [2.05, 4.69) is 4.98 Å². The Balaban J connectivity index is 1.78. The molecule has 0 N–H and O–H groups in total. The summed E-state index contributed by atoms with van der Waals surface area (Å²) in [5.41, 5.74) is 1.65. The van der Waals surface area contributed by atoms with Crippen LogP contribution in [0.4, 0.5) is 0 Å². The predicted molar refractivity (Wildman–Crippen MR) is 90.4 cm³/mol. The highest BCUT2D eigenvalue weighted by atomic mass is 16.2. The van der Waals surface area contributed by atoms with Crippen LogP contribution in [0.25, 0.3) is 10.9 Å². The zero-order valence-electron chi connectivity index (χ0n) is 14.0. The first-order valence-corrected chi connectivity index (χ1v) is 8.25. The van der Waals surface area contributed by atoms with E-state index in [1.54, 1.807) is 17.0 Å². The molecule has 1 fully saturated rings. The van der Waals surface area contributed by atoms with Crippen LogP contribution in [0.1, 0.15) is 38.7 Å². The predicted octanol–water partition coefficient (Wildman–Crippen LogP) is 2.49. The van der Waals surface area contributed by atoms with Crippen LogP contribution in [0.2, 0.25) is 0 Å². The van der Waals surface area contributed by atoms with Crippen molar-refractivity contribution in [3.05, 3.63) is 40.4 Å². The fourth-order valence-corrected chi connectivity index (χ4v) is 3.11. The van der Waals surface area contributed by atoms with E-state index in [1.165, 1.54) is 0 Å². The van der Waals surface area contributed by atoms with Gasteiger partial charge < -0.3 is 4.90 Å². The van der Waals surface area contributed by atoms with Gasteiger partial charge in [-0.3, -0.25) is 14.2 Å². The minimum atomic E-state index is -0.0750. The van der Waals surface area contributed by atoms with Crippen molar-refractivity contribution >= 4 is 16.8 Å². The van der Waals surface area contributed by atoms with Crippen molar-refractivity contribution in [3.63, 3.8) is 0 Å². The molecule has 5 nitrogen and oxygen atoms in total. The summed E-state index contributed by atoms with van der Waals surface area (Å²) in [6.45, 7) is 6.41. The van der Waals surface area contributed by atoms with Gasteiger partial charge in [0, 0.05) is 25.0 Å². The van der Waals surface area contributed by atoms with Crippen molar-refractivity contribution in [1.82, 2.24) is 14.5 Å². The molecule has 0 radical (unpaired) electrons. The summed E-state index contributed by atoms with van der Waals surface area (Å²) in [5.74, 6) is 0.124. The van der Waals surface area contributed by atoms with Crippen LogP contribution in [-0.2, 0) is 11.3 Å². The van der Waals surface area contributed by atoms with E-state index in [0.29, 0.717) is 24.4 Å². The zero-order chi connectivity index (χ0) is 16.6. The lowest BCUT2D eigenvalue weighted by atomic mass is 10.1. The van der Waals surface area contributed by atoms with E-state index < -0.39 is 0 Å². The third-order valence-electron chi connectivity index (χ3n) is 4.41. The Hall–Kier alpha value is -2.17. The van der Waals surface area contributed by atoms with Gasteiger partial charge in [0.05, 0.1) is 17.2 Å². The van der Waals surface area contributed by atoms with Gasteiger partial charge in [-0.25, -0.2) is 4.98 Å². The highest BCUT2D eigenvalue weighted by molar-refractivity contribution is 5.80. The number of rotatable bonds is 5. The van der Waals surface area contributed by atoms with Gasteiger partial charge in [0.15, 0.2) is 0 Å². The van der Waals surface area contributed by atoms with Crippen LogP contribution < -0.4 is 5.56 Å². The third-order valence-corrected chi connectivity index (χ3v) is 4.41. The van der Waals surface area contributed by atoms with E-state index in [1.807, 2.05) is 37.8 Å². The Labute approximate surface area is 135 Å². The second-order valence-electron chi connectivity index (χ2n) is 6.59. The van der Waals surface area contributed by atoms with E-state index in [4.69, 9.17) is 0 Å². The van der Waals surface area contributed by atoms with Gasteiger partial charge >= 0.3 is 0 Å². The molecule has 1 amide bonds. The second-order valence-corrected chi connectivity index (χ2v) is 6.59.